The Hall–Kier alpha value is -1.06. The van der Waals surface area contributed by atoms with E-state index in [1.54, 1.807) is 20.8 Å². The van der Waals surface area contributed by atoms with Crippen LogP contribution in [-0.2, 0) is 14.3 Å². The summed E-state index contributed by atoms with van der Waals surface area (Å²) in [6, 6.07) is 0. The largest absolute Gasteiger partial charge is 0.481 e. The van der Waals surface area contributed by atoms with Gasteiger partial charge in [0.1, 0.15) is 5.60 Å². The van der Waals surface area contributed by atoms with Crippen LogP contribution in [0.25, 0.3) is 0 Å². The molecule has 0 aromatic rings. The molecule has 0 bridgehead atoms. The van der Waals surface area contributed by atoms with E-state index >= 15 is 0 Å². The van der Waals surface area contributed by atoms with Crippen molar-refractivity contribution in [1.29, 1.82) is 0 Å². The topological polar surface area (TPSA) is 63.6 Å². The van der Waals surface area contributed by atoms with Gasteiger partial charge in [0, 0.05) is 0 Å². The third-order valence-electron chi connectivity index (χ3n) is 4.93. The third-order valence-corrected chi connectivity index (χ3v) is 4.93. The maximum Gasteiger partial charge on any atom is 0.312 e. The lowest BCUT2D eigenvalue weighted by Crippen LogP contribution is -2.42. The Balaban J connectivity index is 2.77. The molecule has 1 aliphatic rings. The molecule has 0 heterocycles. The predicted octanol–water partition coefficient (Wildman–Crippen LogP) is 4.17. The van der Waals surface area contributed by atoms with Gasteiger partial charge < -0.3 is 9.84 Å². The minimum Gasteiger partial charge on any atom is -0.481 e. The molecule has 0 aromatic heterocycles. The van der Waals surface area contributed by atoms with Gasteiger partial charge in [-0.25, -0.2) is 0 Å². The minimum absolute atomic E-state index is 0.271. The highest BCUT2D eigenvalue weighted by molar-refractivity contribution is 5.79. The fourth-order valence-electron chi connectivity index (χ4n) is 3.16. The molecule has 1 rings (SSSR count). The van der Waals surface area contributed by atoms with E-state index in [2.05, 4.69) is 0 Å². The summed E-state index contributed by atoms with van der Waals surface area (Å²) in [5.74, 6) is -1.12. The highest BCUT2D eigenvalue weighted by atomic mass is 16.6. The van der Waals surface area contributed by atoms with Crippen molar-refractivity contribution in [3.05, 3.63) is 0 Å². The van der Waals surface area contributed by atoms with Crippen LogP contribution >= 0.6 is 0 Å². The number of ether oxygens (including phenoxy) is 1. The number of carbonyl (C=O) groups excluding carboxylic acids is 1. The van der Waals surface area contributed by atoms with Gasteiger partial charge in [0.05, 0.1) is 10.8 Å². The van der Waals surface area contributed by atoms with Gasteiger partial charge in [-0.05, 0) is 66.2 Å². The first-order valence-corrected chi connectivity index (χ1v) is 8.01. The molecule has 4 heteroatoms. The molecular weight excluding hydrogens is 268 g/mol. The van der Waals surface area contributed by atoms with Gasteiger partial charge in [0.15, 0.2) is 0 Å². The maximum atomic E-state index is 12.5. The molecule has 1 N–H and O–H groups in total. The van der Waals surface area contributed by atoms with E-state index < -0.39 is 16.8 Å². The van der Waals surface area contributed by atoms with E-state index in [9.17, 15) is 14.7 Å². The zero-order valence-corrected chi connectivity index (χ0v) is 14.1. The van der Waals surface area contributed by atoms with Gasteiger partial charge in [-0.1, -0.05) is 13.3 Å². The molecule has 0 radical (unpaired) electrons. The molecule has 1 atom stereocenters. The molecule has 1 saturated carbocycles. The molecule has 0 amide bonds. The minimum atomic E-state index is -0.893. The Morgan fingerprint density at radius 3 is 2.10 bits per heavy atom. The van der Waals surface area contributed by atoms with Crippen LogP contribution in [0.1, 0.15) is 79.6 Å². The van der Waals surface area contributed by atoms with Crippen LogP contribution in [0.2, 0.25) is 0 Å². The second-order valence-corrected chi connectivity index (χ2v) is 7.68. The zero-order chi connectivity index (χ0) is 16.3. The van der Waals surface area contributed by atoms with Gasteiger partial charge in [0.2, 0.25) is 0 Å². The van der Waals surface area contributed by atoms with Crippen molar-refractivity contribution in [2.45, 2.75) is 85.2 Å². The lowest BCUT2D eigenvalue weighted by Gasteiger charge is -2.38. The van der Waals surface area contributed by atoms with Gasteiger partial charge in [-0.15, -0.1) is 0 Å². The van der Waals surface area contributed by atoms with Crippen LogP contribution in [0.5, 0.6) is 0 Å². The molecule has 0 saturated heterocycles. The number of carbonyl (C=O) groups is 2. The summed E-state index contributed by atoms with van der Waals surface area (Å²) in [6.07, 6.45) is 5.97. The van der Waals surface area contributed by atoms with Crippen LogP contribution in [0.4, 0.5) is 0 Å². The monoisotopic (exact) mass is 298 g/mol. The van der Waals surface area contributed by atoms with Crippen LogP contribution in [-0.4, -0.2) is 22.6 Å². The van der Waals surface area contributed by atoms with Crippen molar-refractivity contribution in [2.24, 2.45) is 10.8 Å². The average Bonchev–Trinajstić information content (AvgIpc) is 2.38. The van der Waals surface area contributed by atoms with Crippen molar-refractivity contribution in [2.75, 3.05) is 0 Å². The summed E-state index contributed by atoms with van der Waals surface area (Å²) in [6.45, 7) is 9.12. The van der Waals surface area contributed by atoms with E-state index in [0.717, 1.165) is 25.7 Å². The predicted molar refractivity (Wildman–Crippen MR) is 82.0 cm³/mol. The lowest BCUT2D eigenvalue weighted by atomic mass is 9.72. The smallest absolute Gasteiger partial charge is 0.312 e. The Morgan fingerprint density at radius 2 is 1.67 bits per heavy atom. The molecule has 1 aliphatic carbocycles. The second-order valence-electron chi connectivity index (χ2n) is 7.68. The first kappa shape index (κ1) is 18.0. The van der Waals surface area contributed by atoms with Crippen LogP contribution < -0.4 is 0 Å². The molecule has 0 aliphatic heterocycles. The van der Waals surface area contributed by atoms with Crippen molar-refractivity contribution < 1.29 is 19.4 Å². The number of hydrogen-bond donors (Lipinski definition) is 1. The summed E-state index contributed by atoms with van der Waals surface area (Å²) < 4.78 is 5.78. The first-order chi connectivity index (χ1) is 9.55. The molecule has 1 unspecified atom stereocenters. The normalized spacial score (nSPS) is 21.4. The van der Waals surface area contributed by atoms with Crippen molar-refractivity contribution in [3.8, 4) is 0 Å². The summed E-state index contributed by atoms with van der Waals surface area (Å²) >= 11 is 0. The number of carboxylic acids is 1. The Morgan fingerprint density at radius 1 is 1.14 bits per heavy atom. The highest BCUT2D eigenvalue weighted by Gasteiger charge is 2.44. The van der Waals surface area contributed by atoms with Gasteiger partial charge >= 0.3 is 11.9 Å². The molecular formula is C17H30O4. The van der Waals surface area contributed by atoms with E-state index in [0.29, 0.717) is 12.8 Å². The molecule has 0 spiro atoms. The molecule has 1 fully saturated rings. The molecule has 122 valence electrons. The Bertz CT molecular complexity index is 394. The number of rotatable bonds is 6. The molecule has 21 heavy (non-hydrogen) atoms. The average molecular weight is 298 g/mol. The van der Waals surface area contributed by atoms with Gasteiger partial charge in [-0.2, -0.15) is 0 Å². The molecule has 0 aromatic carbocycles. The number of carboxylic acid groups (broad SMARTS) is 1. The summed E-state index contributed by atoms with van der Waals surface area (Å²) in [5, 5.41) is 9.40. The van der Waals surface area contributed by atoms with Gasteiger partial charge in [0.25, 0.3) is 0 Å². The standard InChI is InChI=1S/C17H30O4/c1-6-16(4,13(18)19)12-15(2,3)14(20)21-17(5)10-8-7-9-11-17/h6-12H2,1-5H3,(H,18,19). The maximum absolute atomic E-state index is 12.5. The van der Waals surface area contributed by atoms with Crippen molar-refractivity contribution >= 4 is 11.9 Å². The van der Waals surface area contributed by atoms with Crippen LogP contribution in [0, 0.1) is 10.8 Å². The van der Waals surface area contributed by atoms with E-state index in [1.165, 1.54) is 6.42 Å². The number of hydrogen-bond acceptors (Lipinski definition) is 3. The third kappa shape index (κ3) is 4.45. The van der Waals surface area contributed by atoms with Crippen molar-refractivity contribution in [3.63, 3.8) is 0 Å². The Kier molecular flexibility index (Phi) is 5.46. The van der Waals surface area contributed by atoms with E-state index in [-0.39, 0.29) is 11.6 Å². The fraction of sp³-hybridized carbons (Fsp3) is 0.882. The zero-order valence-electron chi connectivity index (χ0n) is 14.1. The molecule has 4 nitrogen and oxygen atoms in total. The first-order valence-electron chi connectivity index (χ1n) is 8.01. The van der Waals surface area contributed by atoms with E-state index in [1.807, 2.05) is 13.8 Å². The number of esters is 1. The second kappa shape index (κ2) is 6.37. The SMILES string of the molecule is CCC(C)(CC(C)(C)C(=O)OC1(C)CCCCC1)C(=O)O. The number of aliphatic carboxylic acids is 1. The fourth-order valence-corrected chi connectivity index (χ4v) is 3.16. The van der Waals surface area contributed by atoms with E-state index in [4.69, 9.17) is 4.74 Å². The van der Waals surface area contributed by atoms with Gasteiger partial charge in [-0.3, -0.25) is 9.59 Å². The lowest BCUT2D eigenvalue weighted by molar-refractivity contribution is -0.175. The summed E-state index contributed by atoms with van der Waals surface area (Å²) in [4.78, 5) is 24.0. The summed E-state index contributed by atoms with van der Waals surface area (Å²) in [7, 11) is 0. The van der Waals surface area contributed by atoms with Crippen LogP contribution in [0.3, 0.4) is 0 Å². The highest BCUT2D eigenvalue weighted by Crippen LogP contribution is 2.40. The van der Waals surface area contributed by atoms with Crippen LogP contribution in [0.15, 0.2) is 0 Å². The Labute approximate surface area is 128 Å². The van der Waals surface area contributed by atoms with Crippen molar-refractivity contribution in [1.82, 2.24) is 0 Å². The summed E-state index contributed by atoms with van der Waals surface area (Å²) in [5.41, 5.74) is -2.06. The quantitative estimate of drug-likeness (QED) is 0.747.